The Morgan fingerprint density at radius 1 is 1.30 bits per heavy atom. The maximum absolute atomic E-state index is 5.79. The van der Waals surface area contributed by atoms with E-state index in [-0.39, 0.29) is 6.10 Å². The lowest BCUT2D eigenvalue weighted by atomic mass is 10.1. The molecule has 3 rings (SSSR count). The third-order valence-corrected chi connectivity index (χ3v) is 3.60. The van der Waals surface area contributed by atoms with Gasteiger partial charge in [0.25, 0.3) is 0 Å². The normalized spacial score (nSPS) is 18.9. The Kier molecular flexibility index (Phi) is 3.97. The second-order valence-electron chi connectivity index (χ2n) is 4.98. The van der Waals surface area contributed by atoms with Crippen LogP contribution in [0, 0.1) is 0 Å². The number of hydrogen-bond donors (Lipinski definition) is 0. The fourth-order valence-electron chi connectivity index (χ4n) is 2.49. The molecule has 20 heavy (non-hydrogen) atoms. The van der Waals surface area contributed by atoms with E-state index in [2.05, 4.69) is 10.1 Å². The summed E-state index contributed by atoms with van der Waals surface area (Å²) >= 11 is 0. The van der Waals surface area contributed by atoms with Gasteiger partial charge in [-0.3, -0.25) is 0 Å². The quantitative estimate of drug-likeness (QED) is 0.859. The van der Waals surface area contributed by atoms with Crippen molar-refractivity contribution in [2.75, 3.05) is 13.7 Å². The lowest BCUT2D eigenvalue weighted by Gasteiger charge is -2.22. The molecule has 2 aromatic rings. The standard InChI is InChI=1S/C15H19N3O2/c1-19-13-7-5-12(6-8-13)10-18-15(16-11-17-18)14-4-2-3-9-20-14/h5-8,11,14H,2-4,9-10H2,1H3. The van der Waals surface area contributed by atoms with Crippen LogP contribution < -0.4 is 4.74 Å². The molecular weight excluding hydrogens is 254 g/mol. The van der Waals surface area contributed by atoms with E-state index in [1.54, 1.807) is 13.4 Å². The van der Waals surface area contributed by atoms with Crippen molar-refractivity contribution in [3.05, 3.63) is 42.0 Å². The molecule has 1 aromatic carbocycles. The molecule has 1 saturated heterocycles. The van der Waals surface area contributed by atoms with Gasteiger partial charge in [0.1, 0.15) is 18.2 Å². The average molecular weight is 273 g/mol. The first kappa shape index (κ1) is 13.1. The van der Waals surface area contributed by atoms with E-state index >= 15 is 0 Å². The van der Waals surface area contributed by atoms with Crippen LogP contribution in [-0.2, 0) is 11.3 Å². The largest absolute Gasteiger partial charge is 0.497 e. The lowest BCUT2D eigenvalue weighted by molar-refractivity contribution is 0.00697. The maximum atomic E-state index is 5.79. The summed E-state index contributed by atoms with van der Waals surface area (Å²) in [6.07, 6.45) is 5.06. The van der Waals surface area contributed by atoms with Gasteiger partial charge in [0.15, 0.2) is 5.82 Å². The minimum atomic E-state index is 0.0875. The van der Waals surface area contributed by atoms with Crippen LogP contribution in [0.3, 0.4) is 0 Å². The van der Waals surface area contributed by atoms with E-state index in [1.807, 2.05) is 28.9 Å². The van der Waals surface area contributed by atoms with Gasteiger partial charge in [-0.15, -0.1) is 0 Å². The summed E-state index contributed by atoms with van der Waals surface area (Å²) in [4.78, 5) is 4.37. The molecule has 0 amide bonds. The van der Waals surface area contributed by atoms with Gasteiger partial charge in [0.05, 0.1) is 13.7 Å². The van der Waals surface area contributed by atoms with Crippen molar-refractivity contribution in [3.8, 4) is 5.75 Å². The van der Waals surface area contributed by atoms with Crippen molar-refractivity contribution in [1.29, 1.82) is 0 Å². The van der Waals surface area contributed by atoms with Crippen molar-refractivity contribution < 1.29 is 9.47 Å². The first-order valence-electron chi connectivity index (χ1n) is 6.99. The molecule has 0 spiro atoms. The second kappa shape index (κ2) is 6.05. The molecule has 1 atom stereocenters. The van der Waals surface area contributed by atoms with Gasteiger partial charge in [-0.1, -0.05) is 12.1 Å². The smallest absolute Gasteiger partial charge is 0.156 e. The molecule has 0 saturated carbocycles. The molecule has 1 aliphatic rings. The fraction of sp³-hybridized carbons (Fsp3) is 0.467. The number of ether oxygens (including phenoxy) is 2. The average Bonchev–Trinajstić information content (AvgIpc) is 2.97. The number of benzene rings is 1. The predicted molar refractivity (Wildman–Crippen MR) is 74.7 cm³/mol. The minimum absolute atomic E-state index is 0.0875. The SMILES string of the molecule is COc1ccc(Cn2ncnc2C2CCCCO2)cc1. The highest BCUT2D eigenvalue weighted by Gasteiger charge is 2.21. The highest BCUT2D eigenvalue weighted by atomic mass is 16.5. The van der Waals surface area contributed by atoms with Crippen LogP contribution in [0.4, 0.5) is 0 Å². The van der Waals surface area contributed by atoms with Crippen LogP contribution in [0.2, 0.25) is 0 Å². The molecule has 0 N–H and O–H groups in total. The number of hydrogen-bond acceptors (Lipinski definition) is 4. The van der Waals surface area contributed by atoms with E-state index < -0.39 is 0 Å². The van der Waals surface area contributed by atoms with Gasteiger partial charge in [-0.05, 0) is 37.0 Å². The molecule has 0 aliphatic carbocycles. The van der Waals surface area contributed by atoms with E-state index in [0.717, 1.165) is 31.0 Å². The Bertz CT molecular complexity index is 545. The summed E-state index contributed by atoms with van der Waals surface area (Å²) in [5.41, 5.74) is 1.17. The summed E-state index contributed by atoms with van der Waals surface area (Å²) in [6, 6.07) is 8.02. The highest BCUT2D eigenvalue weighted by Crippen LogP contribution is 2.26. The van der Waals surface area contributed by atoms with Crippen LogP contribution in [0.5, 0.6) is 5.75 Å². The molecule has 0 radical (unpaired) electrons. The molecule has 1 aliphatic heterocycles. The number of methoxy groups -OCH3 is 1. The van der Waals surface area contributed by atoms with E-state index in [9.17, 15) is 0 Å². The van der Waals surface area contributed by atoms with Crippen molar-refractivity contribution in [1.82, 2.24) is 14.8 Å². The molecule has 0 bridgehead atoms. The molecule has 1 unspecified atom stereocenters. The third-order valence-electron chi connectivity index (χ3n) is 3.60. The van der Waals surface area contributed by atoms with Crippen molar-refractivity contribution in [3.63, 3.8) is 0 Å². The van der Waals surface area contributed by atoms with Crippen molar-refractivity contribution in [2.24, 2.45) is 0 Å². The van der Waals surface area contributed by atoms with Crippen LogP contribution in [0.25, 0.3) is 0 Å². The summed E-state index contributed by atoms with van der Waals surface area (Å²) in [5.74, 6) is 1.80. The van der Waals surface area contributed by atoms with Crippen LogP contribution >= 0.6 is 0 Å². The molecule has 106 valence electrons. The maximum Gasteiger partial charge on any atom is 0.156 e. The van der Waals surface area contributed by atoms with Gasteiger partial charge >= 0.3 is 0 Å². The van der Waals surface area contributed by atoms with Crippen LogP contribution in [0.1, 0.15) is 36.8 Å². The number of nitrogens with zero attached hydrogens (tertiary/aromatic N) is 3. The zero-order valence-electron chi connectivity index (χ0n) is 11.7. The van der Waals surface area contributed by atoms with Crippen LogP contribution in [0.15, 0.2) is 30.6 Å². The lowest BCUT2D eigenvalue weighted by Crippen LogP contribution is -2.17. The van der Waals surface area contributed by atoms with Crippen LogP contribution in [-0.4, -0.2) is 28.5 Å². The molecule has 2 heterocycles. The fourth-order valence-corrected chi connectivity index (χ4v) is 2.49. The zero-order valence-corrected chi connectivity index (χ0v) is 11.7. The number of aromatic nitrogens is 3. The Hall–Kier alpha value is -1.88. The van der Waals surface area contributed by atoms with Gasteiger partial charge < -0.3 is 9.47 Å². The Labute approximate surface area is 118 Å². The molecule has 1 aromatic heterocycles. The van der Waals surface area contributed by atoms with Crippen molar-refractivity contribution >= 4 is 0 Å². The molecule has 5 nitrogen and oxygen atoms in total. The first-order chi connectivity index (χ1) is 9.86. The van der Waals surface area contributed by atoms with E-state index in [4.69, 9.17) is 9.47 Å². The topological polar surface area (TPSA) is 49.2 Å². The Morgan fingerprint density at radius 3 is 2.85 bits per heavy atom. The zero-order chi connectivity index (χ0) is 13.8. The van der Waals surface area contributed by atoms with E-state index in [0.29, 0.717) is 6.54 Å². The van der Waals surface area contributed by atoms with Gasteiger partial charge in [0, 0.05) is 6.61 Å². The monoisotopic (exact) mass is 273 g/mol. The van der Waals surface area contributed by atoms with Gasteiger partial charge in [-0.25, -0.2) is 9.67 Å². The summed E-state index contributed by atoms with van der Waals surface area (Å²) in [6.45, 7) is 1.53. The Balaban J connectivity index is 1.75. The van der Waals surface area contributed by atoms with Gasteiger partial charge in [-0.2, -0.15) is 5.10 Å². The summed E-state index contributed by atoms with van der Waals surface area (Å²) in [5, 5.41) is 4.32. The summed E-state index contributed by atoms with van der Waals surface area (Å²) < 4.78 is 12.9. The second-order valence-corrected chi connectivity index (χ2v) is 4.98. The molecular formula is C15H19N3O2. The third kappa shape index (κ3) is 2.82. The molecule has 5 heteroatoms. The minimum Gasteiger partial charge on any atom is -0.497 e. The number of rotatable bonds is 4. The van der Waals surface area contributed by atoms with Gasteiger partial charge in [0.2, 0.25) is 0 Å². The Morgan fingerprint density at radius 2 is 2.15 bits per heavy atom. The highest BCUT2D eigenvalue weighted by molar-refractivity contribution is 5.27. The first-order valence-corrected chi connectivity index (χ1v) is 6.99. The molecule has 1 fully saturated rings. The predicted octanol–water partition coefficient (Wildman–Crippen LogP) is 2.58. The van der Waals surface area contributed by atoms with E-state index in [1.165, 1.54) is 12.0 Å². The summed E-state index contributed by atoms with van der Waals surface area (Å²) in [7, 11) is 1.67. The van der Waals surface area contributed by atoms with Crippen molar-refractivity contribution in [2.45, 2.75) is 31.9 Å².